The van der Waals surface area contributed by atoms with Crippen molar-refractivity contribution in [1.82, 2.24) is 5.32 Å². The molecule has 1 saturated carbocycles. The molecule has 1 aromatic rings. The summed E-state index contributed by atoms with van der Waals surface area (Å²) in [6, 6.07) is 11.5. The fourth-order valence-corrected chi connectivity index (χ4v) is 2.77. The van der Waals surface area contributed by atoms with Crippen molar-refractivity contribution >= 4 is 11.8 Å². The van der Waals surface area contributed by atoms with Crippen molar-refractivity contribution in [3.8, 4) is 0 Å². The van der Waals surface area contributed by atoms with Crippen LogP contribution in [0.5, 0.6) is 0 Å². The molecule has 2 rings (SSSR count). The van der Waals surface area contributed by atoms with Crippen LogP contribution in [0.3, 0.4) is 0 Å². The maximum Gasteiger partial charge on any atom is 0.0348 e. The van der Waals surface area contributed by atoms with E-state index in [1.54, 1.807) is 0 Å². The average molecular weight is 249 g/mol. The molecular weight excluding hydrogens is 226 g/mol. The first-order valence-corrected chi connectivity index (χ1v) is 8.08. The minimum Gasteiger partial charge on any atom is -0.310 e. The van der Waals surface area contributed by atoms with Gasteiger partial charge in [-0.15, -0.1) is 0 Å². The van der Waals surface area contributed by atoms with Gasteiger partial charge in [-0.3, -0.25) is 0 Å². The molecule has 0 saturated heterocycles. The number of nitrogens with one attached hydrogen (secondary N) is 1. The predicted octanol–water partition coefficient (Wildman–Crippen LogP) is 3.87. The molecule has 2 heteroatoms. The first-order valence-electron chi connectivity index (χ1n) is 6.69. The van der Waals surface area contributed by atoms with E-state index in [4.69, 9.17) is 0 Å². The van der Waals surface area contributed by atoms with Crippen molar-refractivity contribution in [2.75, 3.05) is 18.6 Å². The molecule has 0 radical (unpaired) electrons. The van der Waals surface area contributed by atoms with Gasteiger partial charge in [0.25, 0.3) is 0 Å². The van der Waals surface area contributed by atoms with Gasteiger partial charge in [-0.2, -0.15) is 11.8 Å². The number of hydrogen-bond donors (Lipinski definition) is 1. The highest BCUT2D eigenvalue weighted by Gasteiger charge is 2.31. The van der Waals surface area contributed by atoms with Crippen LogP contribution in [0.4, 0.5) is 0 Å². The van der Waals surface area contributed by atoms with E-state index >= 15 is 0 Å². The zero-order valence-electron chi connectivity index (χ0n) is 10.7. The van der Waals surface area contributed by atoms with E-state index in [1.807, 2.05) is 11.8 Å². The summed E-state index contributed by atoms with van der Waals surface area (Å²) in [6.45, 7) is 1.16. The lowest BCUT2D eigenvalue weighted by molar-refractivity contribution is 0.474. The Hall–Kier alpha value is -0.470. The Morgan fingerprint density at radius 2 is 2.00 bits per heavy atom. The van der Waals surface area contributed by atoms with Gasteiger partial charge < -0.3 is 5.32 Å². The highest BCUT2D eigenvalue weighted by atomic mass is 32.2. The lowest BCUT2D eigenvalue weighted by Gasteiger charge is -2.18. The number of rotatable bonds is 8. The van der Waals surface area contributed by atoms with Crippen LogP contribution in [-0.4, -0.2) is 18.6 Å². The molecule has 1 atom stereocenters. The lowest BCUT2D eigenvalue weighted by Crippen LogP contribution is -2.24. The van der Waals surface area contributed by atoms with Crippen LogP contribution in [-0.2, 0) is 0 Å². The van der Waals surface area contributed by atoms with Gasteiger partial charge in [0.05, 0.1) is 0 Å². The minimum absolute atomic E-state index is 0.602. The zero-order valence-corrected chi connectivity index (χ0v) is 11.5. The summed E-state index contributed by atoms with van der Waals surface area (Å²) in [5.74, 6) is 2.18. The number of hydrogen-bond acceptors (Lipinski definition) is 2. The molecular formula is C15H23NS. The van der Waals surface area contributed by atoms with E-state index in [0.29, 0.717) is 6.04 Å². The quantitative estimate of drug-likeness (QED) is 0.702. The average Bonchev–Trinajstić information content (AvgIpc) is 3.19. The van der Waals surface area contributed by atoms with E-state index in [-0.39, 0.29) is 0 Å². The van der Waals surface area contributed by atoms with Gasteiger partial charge in [-0.25, -0.2) is 0 Å². The monoisotopic (exact) mass is 249 g/mol. The lowest BCUT2D eigenvalue weighted by atomic mass is 10.0. The van der Waals surface area contributed by atoms with E-state index in [2.05, 4.69) is 41.9 Å². The highest BCUT2D eigenvalue weighted by molar-refractivity contribution is 7.98. The molecule has 0 spiro atoms. The van der Waals surface area contributed by atoms with Crippen LogP contribution in [0.1, 0.15) is 37.3 Å². The Morgan fingerprint density at radius 1 is 1.24 bits per heavy atom. The fourth-order valence-electron chi connectivity index (χ4n) is 2.28. The molecule has 0 amide bonds. The van der Waals surface area contributed by atoms with Gasteiger partial charge in [-0.05, 0) is 55.7 Å². The molecule has 1 unspecified atom stereocenters. The standard InChI is InChI=1S/C15H23NS/c1-17-12-6-5-11-16-15(14-9-10-14)13-7-3-2-4-8-13/h2-4,7-8,14-16H,5-6,9-12H2,1H3. The van der Waals surface area contributed by atoms with Gasteiger partial charge in [0, 0.05) is 6.04 Å². The van der Waals surface area contributed by atoms with Crippen molar-refractivity contribution in [3.63, 3.8) is 0 Å². The molecule has 0 bridgehead atoms. The Kier molecular flexibility index (Phi) is 5.40. The highest BCUT2D eigenvalue weighted by Crippen LogP contribution is 2.40. The second-order valence-corrected chi connectivity index (χ2v) is 5.87. The molecule has 1 aromatic carbocycles. The van der Waals surface area contributed by atoms with E-state index in [1.165, 1.54) is 37.0 Å². The molecule has 0 aliphatic heterocycles. The predicted molar refractivity (Wildman–Crippen MR) is 77.5 cm³/mol. The van der Waals surface area contributed by atoms with Gasteiger partial charge in [0.2, 0.25) is 0 Å². The maximum atomic E-state index is 3.75. The van der Waals surface area contributed by atoms with Crippen LogP contribution in [0.2, 0.25) is 0 Å². The van der Waals surface area contributed by atoms with Gasteiger partial charge in [0.15, 0.2) is 0 Å². The molecule has 0 aromatic heterocycles. The van der Waals surface area contributed by atoms with Gasteiger partial charge in [-0.1, -0.05) is 30.3 Å². The summed E-state index contributed by atoms with van der Waals surface area (Å²) in [6.07, 6.45) is 7.62. The summed E-state index contributed by atoms with van der Waals surface area (Å²) >= 11 is 1.95. The first kappa shape index (κ1) is 13.0. The van der Waals surface area contributed by atoms with Crippen molar-refractivity contribution < 1.29 is 0 Å². The SMILES string of the molecule is CSCCCCNC(c1ccccc1)C1CC1. The summed E-state index contributed by atoms with van der Waals surface area (Å²) in [5, 5.41) is 3.75. The molecule has 17 heavy (non-hydrogen) atoms. The summed E-state index contributed by atoms with van der Waals surface area (Å²) in [5.41, 5.74) is 1.47. The zero-order chi connectivity index (χ0) is 11.9. The number of thioether (sulfide) groups is 1. The van der Waals surface area contributed by atoms with Crippen LogP contribution in [0.15, 0.2) is 30.3 Å². The number of unbranched alkanes of at least 4 members (excludes halogenated alkanes) is 1. The van der Waals surface area contributed by atoms with Crippen molar-refractivity contribution in [2.24, 2.45) is 5.92 Å². The smallest absolute Gasteiger partial charge is 0.0348 e. The Balaban J connectivity index is 1.78. The molecule has 94 valence electrons. The largest absolute Gasteiger partial charge is 0.310 e. The van der Waals surface area contributed by atoms with Crippen LogP contribution in [0.25, 0.3) is 0 Å². The Labute approximate surface area is 109 Å². The molecule has 1 N–H and O–H groups in total. The molecule has 1 aliphatic carbocycles. The molecule has 0 heterocycles. The van der Waals surface area contributed by atoms with Gasteiger partial charge >= 0.3 is 0 Å². The third-order valence-electron chi connectivity index (χ3n) is 3.39. The second-order valence-electron chi connectivity index (χ2n) is 4.88. The topological polar surface area (TPSA) is 12.0 Å². The first-order chi connectivity index (χ1) is 8.42. The molecule has 1 nitrogen and oxygen atoms in total. The molecule has 1 aliphatic rings. The Morgan fingerprint density at radius 3 is 2.65 bits per heavy atom. The second kappa shape index (κ2) is 7.07. The van der Waals surface area contributed by atoms with E-state index in [9.17, 15) is 0 Å². The third kappa shape index (κ3) is 4.36. The van der Waals surface area contributed by atoms with Crippen LogP contribution in [0, 0.1) is 5.92 Å². The Bertz CT molecular complexity index is 308. The van der Waals surface area contributed by atoms with E-state index < -0.39 is 0 Å². The van der Waals surface area contributed by atoms with E-state index in [0.717, 1.165) is 12.5 Å². The van der Waals surface area contributed by atoms with Crippen molar-refractivity contribution in [1.29, 1.82) is 0 Å². The maximum absolute atomic E-state index is 3.75. The summed E-state index contributed by atoms with van der Waals surface area (Å²) in [4.78, 5) is 0. The summed E-state index contributed by atoms with van der Waals surface area (Å²) in [7, 11) is 0. The third-order valence-corrected chi connectivity index (χ3v) is 4.09. The van der Waals surface area contributed by atoms with Crippen molar-refractivity contribution in [3.05, 3.63) is 35.9 Å². The van der Waals surface area contributed by atoms with Crippen LogP contribution < -0.4 is 5.32 Å². The molecule has 1 fully saturated rings. The number of benzene rings is 1. The van der Waals surface area contributed by atoms with Gasteiger partial charge in [0.1, 0.15) is 0 Å². The van der Waals surface area contributed by atoms with Crippen molar-refractivity contribution in [2.45, 2.75) is 31.7 Å². The fraction of sp³-hybridized carbons (Fsp3) is 0.600. The summed E-state index contributed by atoms with van der Waals surface area (Å²) < 4.78 is 0. The minimum atomic E-state index is 0.602. The normalized spacial score (nSPS) is 17.0. The van der Waals surface area contributed by atoms with Crippen LogP contribution >= 0.6 is 11.8 Å².